The van der Waals surface area contributed by atoms with E-state index in [4.69, 9.17) is 0 Å². The minimum Gasteiger partial charge on any atom is -0.352 e. The van der Waals surface area contributed by atoms with Crippen molar-refractivity contribution in [3.05, 3.63) is 71.3 Å². The maximum Gasteiger partial charge on any atom is 0.224 e. The highest BCUT2D eigenvalue weighted by atomic mass is 32.2. The van der Waals surface area contributed by atoms with E-state index in [9.17, 15) is 13.2 Å². The minimum atomic E-state index is -3.36. The fraction of sp³-hybridized carbons (Fsp3) is 0.519. The topological polar surface area (TPSA) is 69.7 Å². The number of sulfonamides is 1. The lowest BCUT2D eigenvalue weighted by molar-refractivity contribution is -0.126. The van der Waals surface area contributed by atoms with Crippen LogP contribution in [-0.2, 0) is 34.3 Å². The van der Waals surface area contributed by atoms with E-state index in [-0.39, 0.29) is 24.1 Å². The molecule has 1 N–H and O–H groups in total. The van der Waals surface area contributed by atoms with Crippen molar-refractivity contribution in [1.82, 2.24) is 14.5 Å². The number of carbonyl (C=O) groups excluding carboxylic acids is 1. The average molecular weight is 484 g/mol. The Kier molecular flexibility index (Phi) is 8.75. The number of likely N-dealkylation sites (tertiary alicyclic amines) is 1. The number of piperidine rings is 1. The minimum absolute atomic E-state index is 0.0415. The maximum absolute atomic E-state index is 13.0. The lowest BCUT2D eigenvalue weighted by Gasteiger charge is -2.31. The fourth-order valence-electron chi connectivity index (χ4n) is 5.03. The predicted octanol–water partition coefficient (Wildman–Crippen LogP) is 3.57. The summed E-state index contributed by atoms with van der Waals surface area (Å²) >= 11 is 0. The molecule has 4 rings (SSSR count). The van der Waals surface area contributed by atoms with Crippen LogP contribution in [0.5, 0.6) is 0 Å². The van der Waals surface area contributed by atoms with Gasteiger partial charge in [-0.2, -0.15) is 0 Å². The highest BCUT2D eigenvalue weighted by Gasteiger charge is 2.32. The van der Waals surface area contributed by atoms with E-state index in [1.807, 2.05) is 36.4 Å². The molecule has 2 aliphatic rings. The van der Waals surface area contributed by atoms with Crippen LogP contribution in [-0.4, -0.2) is 55.5 Å². The summed E-state index contributed by atoms with van der Waals surface area (Å²) in [6, 6.07) is 18.3. The van der Waals surface area contributed by atoms with Crippen molar-refractivity contribution in [3.63, 3.8) is 0 Å². The molecule has 1 atom stereocenters. The highest BCUT2D eigenvalue weighted by Crippen LogP contribution is 2.21. The summed E-state index contributed by atoms with van der Waals surface area (Å²) in [5.74, 6) is -0.205. The van der Waals surface area contributed by atoms with Gasteiger partial charge < -0.3 is 5.32 Å². The van der Waals surface area contributed by atoms with Crippen molar-refractivity contribution >= 4 is 15.9 Å². The van der Waals surface area contributed by atoms with Gasteiger partial charge in [-0.15, -0.1) is 0 Å². The van der Waals surface area contributed by atoms with E-state index >= 15 is 0 Å². The molecule has 184 valence electrons. The van der Waals surface area contributed by atoms with Gasteiger partial charge in [0.1, 0.15) is 0 Å². The van der Waals surface area contributed by atoms with Crippen molar-refractivity contribution < 1.29 is 13.2 Å². The lowest BCUT2D eigenvalue weighted by Crippen LogP contribution is -2.46. The van der Waals surface area contributed by atoms with Gasteiger partial charge in [0.2, 0.25) is 15.9 Å². The van der Waals surface area contributed by atoms with Crippen LogP contribution in [0.2, 0.25) is 0 Å². The van der Waals surface area contributed by atoms with E-state index in [1.54, 1.807) is 0 Å². The molecular weight excluding hydrogens is 446 g/mol. The second-order valence-corrected chi connectivity index (χ2v) is 11.7. The maximum atomic E-state index is 13.0. The lowest BCUT2D eigenvalue weighted by atomic mass is 9.98. The molecule has 2 saturated heterocycles. The van der Waals surface area contributed by atoms with Crippen LogP contribution in [0.15, 0.2) is 54.6 Å². The van der Waals surface area contributed by atoms with Crippen LogP contribution in [0, 0.1) is 5.92 Å². The van der Waals surface area contributed by atoms with Gasteiger partial charge in [0.25, 0.3) is 0 Å². The molecule has 2 aliphatic heterocycles. The van der Waals surface area contributed by atoms with Gasteiger partial charge in [0, 0.05) is 26.2 Å². The van der Waals surface area contributed by atoms with Gasteiger partial charge in [-0.25, -0.2) is 12.7 Å². The first kappa shape index (κ1) is 24.9. The van der Waals surface area contributed by atoms with E-state index in [0.717, 1.165) is 50.0 Å². The molecule has 2 aromatic carbocycles. The summed E-state index contributed by atoms with van der Waals surface area (Å²) in [6.45, 7) is 4.48. The second-order valence-electron chi connectivity index (χ2n) is 9.57. The van der Waals surface area contributed by atoms with E-state index in [0.29, 0.717) is 19.5 Å². The van der Waals surface area contributed by atoms with Crippen LogP contribution in [0.3, 0.4) is 0 Å². The molecule has 6 nitrogen and oxygen atoms in total. The Hall–Kier alpha value is -2.22. The number of amides is 1. The van der Waals surface area contributed by atoms with Crippen molar-refractivity contribution in [2.24, 2.45) is 5.92 Å². The monoisotopic (exact) mass is 483 g/mol. The van der Waals surface area contributed by atoms with Gasteiger partial charge in [-0.05, 0) is 68.3 Å². The Morgan fingerprint density at radius 3 is 2.38 bits per heavy atom. The summed E-state index contributed by atoms with van der Waals surface area (Å²) in [7, 11) is -3.36. The number of carbonyl (C=O) groups is 1. The normalized spacial score (nSPS) is 19.8. The Bertz CT molecular complexity index is 1040. The molecule has 2 aromatic rings. The van der Waals surface area contributed by atoms with Crippen LogP contribution in [0.25, 0.3) is 0 Å². The average Bonchev–Trinajstić information content (AvgIpc) is 3.37. The first-order chi connectivity index (χ1) is 16.5. The number of rotatable bonds is 10. The summed E-state index contributed by atoms with van der Waals surface area (Å²) in [5, 5.41) is 3.09. The largest absolute Gasteiger partial charge is 0.352 e. The molecule has 7 heteroatoms. The van der Waals surface area contributed by atoms with Crippen LogP contribution < -0.4 is 5.32 Å². The van der Waals surface area contributed by atoms with Crippen LogP contribution in [0.4, 0.5) is 0 Å². The molecule has 0 unspecified atom stereocenters. The molecule has 1 amide bonds. The summed E-state index contributed by atoms with van der Waals surface area (Å²) in [4.78, 5) is 15.4. The molecule has 0 bridgehead atoms. The predicted molar refractivity (Wildman–Crippen MR) is 136 cm³/mol. The smallest absolute Gasteiger partial charge is 0.224 e. The molecule has 0 saturated carbocycles. The first-order valence-electron chi connectivity index (χ1n) is 12.6. The Morgan fingerprint density at radius 2 is 1.62 bits per heavy atom. The number of hydrogen-bond acceptors (Lipinski definition) is 4. The van der Waals surface area contributed by atoms with Gasteiger partial charge in [0.15, 0.2) is 0 Å². The van der Waals surface area contributed by atoms with Gasteiger partial charge >= 0.3 is 0 Å². The highest BCUT2D eigenvalue weighted by molar-refractivity contribution is 7.89. The van der Waals surface area contributed by atoms with Gasteiger partial charge in [-0.1, -0.05) is 54.6 Å². The third-order valence-corrected chi connectivity index (χ3v) is 8.95. The molecule has 0 radical (unpaired) electrons. The van der Waals surface area contributed by atoms with Crippen molar-refractivity contribution in [2.75, 3.05) is 31.9 Å². The molecule has 0 aromatic heterocycles. The number of benzene rings is 2. The summed E-state index contributed by atoms with van der Waals surface area (Å²) in [6.07, 6.45) is 5.31. The van der Waals surface area contributed by atoms with Gasteiger partial charge in [0.05, 0.1) is 11.7 Å². The zero-order valence-corrected chi connectivity index (χ0v) is 20.8. The third kappa shape index (κ3) is 6.90. The molecule has 0 spiro atoms. The summed E-state index contributed by atoms with van der Waals surface area (Å²) in [5.41, 5.74) is 3.55. The number of hydrogen-bond donors (Lipinski definition) is 1. The molecule has 2 heterocycles. The molecule has 0 aliphatic carbocycles. The molecule has 2 fully saturated rings. The molecule has 34 heavy (non-hydrogen) atoms. The van der Waals surface area contributed by atoms with E-state index in [2.05, 4.69) is 28.4 Å². The second kappa shape index (κ2) is 12.0. The van der Waals surface area contributed by atoms with Crippen molar-refractivity contribution in [2.45, 2.75) is 51.6 Å². The van der Waals surface area contributed by atoms with Crippen molar-refractivity contribution in [3.8, 4) is 0 Å². The number of aryl methyl sites for hydroxylation is 1. The Balaban J connectivity index is 1.28. The first-order valence-corrected chi connectivity index (χ1v) is 14.2. The fourth-order valence-corrected chi connectivity index (χ4v) is 6.62. The third-order valence-electron chi connectivity index (χ3n) is 7.02. The van der Waals surface area contributed by atoms with E-state index in [1.165, 1.54) is 22.7 Å². The number of nitrogens with one attached hydrogen (secondary N) is 1. The van der Waals surface area contributed by atoms with Crippen LogP contribution in [0.1, 0.15) is 48.8 Å². The quantitative estimate of drug-likeness (QED) is 0.561. The zero-order valence-electron chi connectivity index (χ0n) is 20.0. The van der Waals surface area contributed by atoms with Crippen molar-refractivity contribution in [1.29, 1.82) is 0 Å². The number of nitrogens with zero attached hydrogens (tertiary/aromatic N) is 2. The SMILES string of the molecule is O=C(NCc1ccccc1CN1CCCC1)[C@@H]1CCCN(S(=O)(=O)CCCc2ccccc2)C1. The van der Waals surface area contributed by atoms with E-state index < -0.39 is 10.0 Å². The Labute approximate surface area is 204 Å². The van der Waals surface area contributed by atoms with Gasteiger partial charge in [-0.3, -0.25) is 9.69 Å². The zero-order chi connectivity index (χ0) is 23.8. The standard InChI is InChI=1S/C27H37N3O3S/c31-27(28-20-24-13-4-5-14-25(24)21-29-16-6-7-17-29)26-15-8-18-30(22-26)34(32,33)19-9-12-23-10-2-1-3-11-23/h1-5,10-11,13-14,26H,6-9,12,15-22H2,(H,28,31)/t26-/m1/s1. The van der Waals surface area contributed by atoms with Crippen LogP contribution >= 0.6 is 0 Å². The summed E-state index contributed by atoms with van der Waals surface area (Å²) < 4.78 is 27.4. The molecular formula is C27H37N3O3S. The Morgan fingerprint density at radius 1 is 0.912 bits per heavy atom.